The molecule has 1 heterocycles. The van der Waals surface area contributed by atoms with Crippen LogP contribution < -0.4 is 9.64 Å². The Morgan fingerprint density at radius 1 is 1.26 bits per heavy atom. The molecule has 0 radical (unpaired) electrons. The number of ether oxygens (including phenoxy) is 1. The number of rotatable bonds is 5. The Morgan fingerprint density at radius 3 is 2.74 bits per heavy atom. The van der Waals surface area contributed by atoms with Gasteiger partial charge in [0.25, 0.3) is 0 Å². The fourth-order valence-corrected chi connectivity index (χ4v) is 4.54. The van der Waals surface area contributed by atoms with Crippen molar-refractivity contribution in [1.82, 2.24) is 4.90 Å². The molecular weight excluding hydrogens is 356 g/mol. The molecule has 0 aromatic heterocycles. The van der Waals surface area contributed by atoms with Gasteiger partial charge >= 0.3 is 0 Å². The Labute approximate surface area is 166 Å². The van der Waals surface area contributed by atoms with Crippen LogP contribution in [-0.4, -0.2) is 43.3 Å². The van der Waals surface area contributed by atoms with E-state index in [0.717, 1.165) is 30.0 Å². The van der Waals surface area contributed by atoms with E-state index in [0.29, 0.717) is 11.8 Å². The molecule has 3 rings (SSSR count). The lowest BCUT2D eigenvalue weighted by Crippen LogP contribution is -2.40. The third kappa shape index (κ3) is 4.47. The number of benzene rings is 2. The summed E-state index contributed by atoms with van der Waals surface area (Å²) in [6, 6.07) is 16.3. The smallest absolute Gasteiger partial charge is 0.241 e. The molecule has 0 fully saturated rings. The largest absolute Gasteiger partial charge is 0.496 e. The van der Waals surface area contributed by atoms with E-state index >= 15 is 0 Å². The molecule has 144 valence electrons. The molecule has 5 heteroatoms. The van der Waals surface area contributed by atoms with Crippen LogP contribution in [0.2, 0.25) is 0 Å². The zero-order chi connectivity index (χ0) is 19.4. The van der Waals surface area contributed by atoms with Crippen molar-refractivity contribution in [1.29, 1.82) is 0 Å². The second-order valence-corrected chi connectivity index (χ2v) is 8.54. The minimum absolute atomic E-state index is 0.0839. The molecule has 2 unspecified atom stereocenters. The Bertz CT molecular complexity index is 795. The van der Waals surface area contributed by atoms with Crippen LogP contribution in [-0.2, 0) is 4.79 Å². The average Bonchev–Trinajstić information content (AvgIpc) is 2.85. The Hall–Kier alpha value is -1.98. The number of hydrogen-bond acceptors (Lipinski definition) is 4. The summed E-state index contributed by atoms with van der Waals surface area (Å²) < 4.78 is 5.49. The van der Waals surface area contributed by atoms with Crippen molar-refractivity contribution in [3.63, 3.8) is 0 Å². The zero-order valence-electron chi connectivity index (χ0n) is 16.5. The van der Waals surface area contributed by atoms with Gasteiger partial charge in [-0.1, -0.05) is 37.3 Å². The van der Waals surface area contributed by atoms with Crippen molar-refractivity contribution in [3.05, 3.63) is 54.1 Å². The number of carbonyl (C=O) groups is 1. The van der Waals surface area contributed by atoms with Crippen molar-refractivity contribution in [2.75, 3.05) is 32.1 Å². The summed E-state index contributed by atoms with van der Waals surface area (Å²) in [4.78, 5) is 18.4. The maximum absolute atomic E-state index is 13.2. The Balaban J connectivity index is 1.76. The minimum Gasteiger partial charge on any atom is -0.496 e. The quantitative estimate of drug-likeness (QED) is 0.754. The average molecular weight is 385 g/mol. The molecule has 0 spiro atoms. The van der Waals surface area contributed by atoms with Gasteiger partial charge in [-0.15, -0.1) is 11.8 Å². The minimum atomic E-state index is 0.0839. The number of para-hydroxylation sites is 2. The normalized spacial score (nSPS) is 18.0. The van der Waals surface area contributed by atoms with Gasteiger partial charge in [0, 0.05) is 28.3 Å². The first-order chi connectivity index (χ1) is 13.0. The van der Waals surface area contributed by atoms with Gasteiger partial charge < -0.3 is 9.64 Å². The van der Waals surface area contributed by atoms with Gasteiger partial charge in [-0.05, 0) is 38.6 Å². The fourth-order valence-electron chi connectivity index (χ4n) is 3.43. The van der Waals surface area contributed by atoms with Gasteiger partial charge in [0.15, 0.2) is 0 Å². The number of nitrogens with zero attached hydrogens (tertiary/aromatic N) is 2. The number of likely N-dealkylation sites (N-methyl/N-ethyl adjacent to an activating group) is 1. The predicted molar refractivity (Wildman–Crippen MR) is 113 cm³/mol. The second-order valence-electron chi connectivity index (χ2n) is 7.06. The fraction of sp³-hybridized carbons (Fsp3) is 0.409. The van der Waals surface area contributed by atoms with Crippen LogP contribution >= 0.6 is 11.8 Å². The predicted octanol–water partition coefficient (Wildman–Crippen LogP) is 4.61. The molecule has 0 saturated heterocycles. The molecular formula is C22H28N2O2S. The lowest BCUT2D eigenvalue weighted by atomic mass is 10.1. The summed E-state index contributed by atoms with van der Waals surface area (Å²) in [6.07, 6.45) is 0.997. The monoisotopic (exact) mass is 384 g/mol. The summed E-state index contributed by atoms with van der Waals surface area (Å²) in [5.74, 6) is 0.996. The molecule has 2 atom stereocenters. The molecule has 1 aliphatic rings. The zero-order valence-corrected chi connectivity index (χ0v) is 17.3. The van der Waals surface area contributed by atoms with Crippen LogP contribution in [0.3, 0.4) is 0 Å². The van der Waals surface area contributed by atoms with Crippen LogP contribution in [0.25, 0.3) is 0 Å². The summed E-state index contributed by atoms with van der Waals surface area (Å²) in [7, 11) is 3.68. The third-order valence-corrected chi connectivity index (χ3v) is 6.42. The standard InChI is InChI=1S/C22H28N2O2S/c1-16-13-14-24(19-10-6-8-12-21(19)27-16)22(25)15-23(3)17(2)18-9-5-7-11-20(18)26-4/h5-12,16-17H,13-15H2,1-4H3. The molecule has 2 aromatic carbocycles. The van der Waals surface area contributed by atoms with Crippen LogP contribution in [0, 0.1) is 0 Å². The van der Waals surface area contributed by atoms with E-state index in [1.165, 1.54) is 4.90 Å². The summed E-state index contributed by atoms with van der Waals surface area (Å²) in [6.45, 7) is 5.47. The van der Waals surface area contributed by atoms with Gasteiger partial charge in [-0.2, -0.15) is 0 Å². The van der Waals surface area contributed by atoms with E-state index in [-0.39, 0.29) is 11.9 Å². The molecule has 0 aliphatic carbocycles. The Kier molecular flexibility index (Phi) is 6.45. The lowest BCUT2D eigenvalue weighted by Gasteiger charge is -2.29. The van der Waals surface area contributed by atoms with E-state index in [1.54, 1.807) is 7.11 Å². The van der Waals surface area contributed by atoms with Crippen molar-refractivity contribution in [2.24, 2.45) is 0 Å². The molecule has 4 nitrogen and oxygen atoms in total. The van der Waals surface area contributed by atoms with Gasteiger partial charge in [0.2, 0.25) is 5.91 Å². The van der Waals surface area contributed by atoms with Gasteiger partial charge in [-0.25, -0.2) is 0 Å². The van der Waals surface area contributed by atoms with Crippen molar-refractivity contribution in [2.45, 2.75) is 36.5 Å². The van der Waals surface area contributed by atoms with Crippen LogP contribution in [0.1, 0.15) is 31.9 Å². The molecule has 1 amide bonds. The van der Waals surface area contributed by atoms with Crippen molar-refractivity contribution in [3.8, 4) is 5.75 Å². The number of methoxy groups -OCH3 is 1. The number of hydrogen-bond donors (Lipinski definition) is 0. The van der Waals surface area contributed by atoms with Gasteiger partial charge in [-0.3, -0.25) is 9.69 Å². The Morgan fingerprint density at radius 2 is 1.96 bits per heavy atom. The van der Waals surface area contributed by atoms with E-state index in [2.05, 4.69) is 36.9 Å². The molecule has 0 N–H and O–H groups in total. The van der Waals surface area contributed by atoms with Crippen molar-refractivity contribution >= 4 is 23.4 Å². The highest BCUT2D eigenvalue weighted by molar-refractivity contribution is 8.00. The number of carbonyl (C=O) groups excluding carboxylic acids is 1. The maximum atomic E-state index is 13.2. The number of thioether (sulfide) groups is 1. The SMILES string of the molecule is COc1ccccc1C(C)N(C)CC(=O)N1CCC(C)Sc2ccccc21. The van der Waals surface area contributed by atoms with Gasteiger partial charge in [0.1, 0.15) is 5.75 Å². The molecule has 0 bridgehead atoms. The topological polar surface area (TPSA) is 32.8 Å². The van der Waals surface area contributed by atoms with E-state index in [4.69, 9.17) is 4.74 Å². The third-order valence-electron chi connectivity index (χ3n) is 5.18. The van der Waals surface area contributed by atoms with Crippen LogP contribution in [0.15, 0.2) is 53.4 Å². The van der Waals surface area contributed by atoms with Crippen LogP contribution in [0.4, 0.5) is 5.69 Å². The van der Waals surface area contributed by atoms with E-state index in [1.807, 2.05) is 54.0 Å². The highest BCUT2D eigenvalue weighted by atomic mass is 32.2. The number of fused-ring (bicyclic) bond motifs is 1. The molecule has 27 heavy (non-hydrogen) atoms. The van der Waals surface area contributed by atoms with Gasteiger partial charge in [0.05, 0.1) is 19.3 Å². The maximum Gasteiger partial charge on any atom is 0.241 e. The number of amides is 1. The molecule has 2 aromatic rings. The highest BCUT2D eigenvalue weighted by Gasteiger charge is 2.26. The first kappa shape index (κ1) is 19.8. The van der Waals surface area contributed by atoms with E-state index < -0.39 is 0 Å². The van der Waals surface area contributed by atoms with Crippen molar-refractivity contribution < 1.29 is 9.53 Å². The molecule has 0 saturated carbocycles. The summed E-state index contributed by atoms with van der Waals surface area (Å²) >= 11 is 1.86. The summed E-state index contributed by atoms with van der Waals surface area (Å²) in [5, 5.41) is 0.509. The van der Waals surface area contributed by atoms with Crippen LogP contribution in [0.5, 0.6) is 5.75 Å². The second kappa shape index (κ2) is 8.81. The first-order valence-electron chi connectivity index (χ1n) is 9.40. The lowest BCUT2D eigenvalue weighted by molar-refractivity contribution is -0.119. The highest BCUT2D eigenvalue weighted by Crippen LogP contribution is 2.37. The number of anilines is 1. The van der Waals surface area contributed by atoms with E-state index in [9.17, 15) is 4.79 Å². The summed E-state index contributed by atoms with van der Waals surface area (Å²) in [5.41, 5.74) is 2.13. The first-order valence-corrected chi connectivity index (χ1v) is 10.3. The molecule has 1 aliphatic heterocycles.